The molecule has 0 unspecified atom stereocenters. The highest BCUT2D eigenvalue weighted by Crippen LogP contribution is 2.16. The van der Waals surface area contributed by atoms with E-state index >= 15 is 0 Å². The first-order valence-electron chi connectivity index (χ1n) is 7.65. The molecule has 132 valence electrons. The maximum absolute atomic E-state index is 12.0. The fourth-order valence-electron chi connectivity index (χ4n) is 2.07. The first-order valence-corrected chi connectivity index (χ1v) is 7.65. The molecule has 1 aromatic carbocycles. The third-order valence-corrected chi connectivity index (χ3v) is 3.49. The van der Waals surface area contributed by atoms with E-state index in [2.05, 4.69) is 10.4 Å². The molecule has 0 aliphatic carbocycles. The average molecular weight is 345 g/mol. The fourth-order valence-corrected chi connectivity index (χ4v) is 2.07. The summed E-state index contributed by atoms with van der Waals surface area (Å²) in [6, 6.07) is 6.44. The molecule has 1 heterocycles. The number of hydrogen-bond acceptors (Lipinski definition) is 6. The van der Waals surface area contributed by atoms with Crippen molar-refractivity contribution in [2.75, 3.05) is 18.5 Å². The molecule has 0 radical (unpaired) electrons. The summed E-state index contributed by atoms with van der Waals surface area (Å²) in [6.45, 7) is 3.16. The molecule has 8 nitrogen and oxygen atoms in total. The summed E-state index contributed by atoms with van der Waals surface area (Å²) >= 11 is 0. The smallest absolute Gasteiger partial charge is 0.342 e. The number of amides is 1. The number of anilines is 1. The maximum Gasteiger partial charge on any atom is 0.342 e. The molecule has 25 heavy (non-hydrogen) atoms. The van der Waals surface area contributed by atoms with Crippen molar-refractivity contribution in [3.8, 4) is 0 Å². The maximum atomic E-state index is 12.0. The van der Waals surface area contributed by atoms with Gasteiger partial charge in [-0.3, -0.25) is 9.48 Å². The average Bonchev–Trinajstić information content (AvgIpc) is 2.93. The number of rotatable bonds is 6. The number of ether oxygens (including phenoxy) is 2. The van der Waals surface area contributed by atoms with Crippen LogP contribution in [0.5, 0.6) is 0 Å². The number of carbonyl (C=O) groups is 3. The lowest BCUT2D eigenvalue weighted by Crippen LogP contribution is -2.22. The molecule has 0 saturated heterocycles. The lowest BCUT2D eigenvalue weighted by atomic mass is 10.2. The van der Waals surface area contributed by atoms with Crippen molar-refractivity contribution >= 4 is 23.5 Å². The van der Waals surface area contributed by atoms with Gasteiger partial charge in [0.1, 0.15) is 5.56 Å². The van der Waals surface area contributed by atoms with Crippen molar-refractivity contribution in [1.82, 2.24) is 9.78 Å². The van der Waals surface area contributed by atoms with Crippen LogP contribution in [0.15, 0.2) is 30.5 Å². The summed E-state index contributed by atoms with van der Waals surface area (Å²) in [4.78, 5) is 35.8. The van der Waals surface area contributed by atoms with E-state index in [0.29, 0.717) is 16.9 Å². The number of esters is 2. The van der Waals surface area contributed by atoms with Gasteiger partial charge in [-0.2, -0.15) is 5.10 Å². The van der Waals surface area contributed by atoms with Crippen molar-refractivity contribution in [2.24, 2.45) is 7.05 Å². The standard InChI is InChI=1S/C17H19N3O5/c1-4-24-16(22)12-7-5-6-8-14(12)19-15(21)10-25-17(23)13-9-18-20(3)11(13)2/h5-9H,4,10H2,1-3H3,(H,19,21). The van der Waals surface area contributed by atoms with Gasteiger partial charge in [-0.1, -0.05) is 12.1 Å². The van der Waals surface area contributed by atoms with Crippen LogP contribution >= 0.6 is 0 Å². The Morgan fingerprint density at radius 2 is 1.80 bits per heavy atom. The second kappa shape index (κ2) is 8.09. The van der Waals surface area contributed by atoms with E-state index < -0.39 is 24.5 Å². The van der Waals surface area contributed by atoms with Gasteiger partial charge in [0, 0.05) is 12.7 Å². The van der Waals surface area contributed by atoms with Crippen LogP contribution in [0, 0.1) is 6.92 Å². The Bertz CT molecular complexity index is 797. The number of aryl methyl sites for hydroxylation is 1. The largest absolute Gasteiger partial charge is 0.462 e. The minimum absolute atomic E-state index is 0.225. The van der Waals surface area contributed by atoms with Gasteiger partial charge in [0.05, 0.1) is 24.1 Å². The molecule has 0 aliphatic heterocycles. The molecule has 1 aromatic heterocycles. The number of carbonyl (C=O) groups excluding carboxylic acids is 3. The van der Waals surface area contributed by atoms with Crippen molar-refractivity contribution in [2.45, 2.75) is 13.8 Å². The molecule has 0 fully saturated rings. The van der Waals surface area contributed by atoms with E-state index in [1.165, 1.54) is 10.9 Å². The molecule has 0 saturated carbocycles. The van der Waals surface area contributed by atoms with Gasteiger partial charge in [-0.15, -0.1) is 0 Å². The zero-order chi connectivity index (χ0) is 18.4. The monoisotopic (exact) mass is 345 g/mol. The van der Waals surface area contributed by atoms with E-state index in [1.807, 2.05) is 0 Å². The van der Waals surface area contributed by atoms with Crippen LogP contribution in [0.3, 0.4) is 0 Å². The zero-order valence-electron chi connectivity index (χ0n) is 14.2. The first-order chi connectivity index (χ1) is 11.9. The Morgan fingerprint density at radius 3 is 2.44 bits per heavy atom. The van der Waals surface area contributed by atoms with Gasteiger partial charge in [0.25, 0.3) is 5.91 Å². The Hall–Kier alpha value is -3.16. The van der Waals surface area contributed by atoms with E-state index in [9.17, 15) is 14.4 Å². The fraction of sp³-hybridized carbons (Fsp3) is 0.294. The molecule has 1 N–H and O–H groups in total. The Morgan fingerprint density at radius 1 is 1.12 bits per heavy atom. The number of nitrogens with one attached hydrogen (secondary N) is 1. The Kier molecular flexibility index (Phi) is 5.89. The minimum Gasteiger partial charge on any atom is -0.462 e. The summed E-state index contributed by atoms with van der Waals surface area (Å²) in [5, 5.41) is 6.48. The molecule has 0 atom stereocenters. The second-order valence-electron chi connectivity index (χ2n) is 5.16. The molecule has 0 bridgehead atoms. The van der Waals surface area contributed by atoms with Gasteiger partial charge >= 0.3 is 11.9 Å². The van der Waals surface area contributed by atoms with E-state index in [-0.39, 0.29) is 12.2 Å². The number of hydrogen-bond donors (Lipinski definition) is 1. The van der Waals surface area contributed by atoms with Crippen LogP contribution in [0.1, 0.15) is 33.3 Å². The normalized spacial score (nSPS) is 10.2. The van der Waals surface area contributed by atoms with E-state index in [1.54, 1.807) is 45.2 Å². The molecule has 0 aliphatic rings. The third kappa shape index (κ3) is 4.43. The number of para-hydroxylation sites is 1. The van der Waals surface area contributed by atoms with Crippen LogP contribution in [0.4, 0.5) is 5.69 Å². The van der Waals surface area contributed by atoms with Gasteiger partial charge in [-0.25, -0.2) is 9.59 Å². The van der Waals surface area contributed by atoms with Crippen molar-refractivity contribution in [3.63, 3.8) is 0 Å². The van der Waals surface area contributed by atoms with Gasteiger partial charge < -0.3 is 14.8 Å². The highest BCUT2D eigenvalue weighted by Gasteiger charge is 2.17. The van der Waals surface area contributed by atoms with Crippen LogP contribution in [-0.4, -0.2) is 40.8 Å². The van der Waals surface area contributed by atoms with E-state index in [0.717, 1.165) is 0 Å². The highest BCUT2D eigenvalue weighted by molar-refractivity contribution is 6.02. The molecule has 1 amide bonds. The number of benzene rings is 1. The van der Waals surface area contributed by atoms with Crippen LogP contribution < -0.4 is 5.32 Å². The van der Waals surface area contributed by atoms with E-state index in [4.69, 9.17) is 9.47 Å². The first kappa shape index (κ1) is 18.2. The van der Waals surface area contributed by atoms with Crippen LogP contribution in [0.2, 0.25) is 0 Å². The molecule has 2 rings (SSSR count). The van der Waals surface area contributed by atoms with Crippen molar-refractivity contribution in [1.29, 1.82) is 0 Å². The predicted molar refractivity (Wildman–Crippen MR) is 89.3 cm³/mol. The van der Waals surface area contributed by atoms with Crippen LogP contribution in [0.25, 0.3) is 0 Å². The number of nitrogens with zero attached hydrogens (tertiary/aromatic N) is 2. The zero-order valence-corrected chi connectivity index (χ0v) is 14.2. The lowest BCUT2D eigenvalue weighted by molar-refractivity contribution is -0.119. The van der Waals surface area contributed by atoms with Gasteiger partial charge in [-0.05, 0) is 26.0 Å². The molecular formula is C17H19N3O5. The SMILES string of the molecule is CCOC(=O)c1ccccc1NC(=O)COC(=O)c1cnn(C)c1C. The summed E-state index contributed by atoms with van der Waals surface area (Å²) in [6.07, 6.45) is 1.38. The summed E-state index contributed by atoms with van der Waals surface area (Å²) in [7, 11) is 1.70. The highest BCUT2D eigenvalue weighted by atomic mass is 16.5. The lowest BCUT2D eigenvalue weighted by Gasteiger charge is -2.10. The Balaban J connectivity index is 1.98. The van der Waals surface area contributed by atoms with Gasteiger partial charge in [0.2, 0.25) is 0 Å². The van der Waals surface area contributed by atoms with Crippen molar-refractivity contribution < 1.29 is 23.9 Å². The topological polar surface area (TPSA) is 99.5 Å². The molecular weight excluding hydrogens is 326 g/mol. The van der Waals surface area contributed by atoms with Gasteiger partial charge in [0.15, 0.2) is 6.61 Å². The predicted octanol–water partition coefficient (Wildman–Crippen LogP) is 1.70. The molecule has 8 heteroatoms. The second-order valence-corrected chi connectivity index (χ2v) is 5.16. The molecule has 0 spiro atoms. The quantitative estimate of drug-likeness (QED) is 0.800. The molecule has 2 aromatic rings. The van der Waals surface area contributed by atoms with Crippen molar-refractivity contribution in [3.05, 3.63) is 47.3 Å². The third-order valence-electron chi connectivity index (χ3n) is 3.49. The summed E-state index contributed by atoms with van der Waals surface area (Å²) in [5.74, 6) is -1.74. The summed E-state index contributed by atoms with van der Waals surface area (Å²) in [5.41, 5.74) is 1.45. The minimum atomic E-state index is -0.639. The summed E-state index contributed by atoms with van der Waals surface area (Å²) < 4.78 is 11.5. The Labute approximate surface area is 144 Å². The number of aromatic nitrogens is 2. The van der Waals surface area contributed by atoms with Crippen LogP contribution in [-0.2, 0) is 21.3 Å².